The zero-order valence-electron chi connectivity index (χ0n) is 11.5. The van der Waals surface area contributed by atoms with Gasteiger partial charge in [0, 0.05) is 5.56 Å². The Morgan fingerprint density at radius 2 is 2.17 bits per heavy atom. The molecule has 0 fully saturated rings. The normalized spacial score (nSPS) is 21.7. The summed E-state index contributed by atoms with van der Waals surface area (Å²) in [6.07, 6.45) is 15.2. The molecule has 1 atom stereocenters. The van der Waals surface area contributed by atoms with Crippen molar-refractivity contribution in [1.82, 2.24) is 5.32 Å². The van der Waals surface area contributed by atoms with Gasteiger partial charge in [0.1, 0.15) is 0 Å². The Hall–Kier alpha value is -1.02. The van der Waals surface area contributed by atoms with Gasteiger partial charge in [-0.3, -0.25) is 0 Å². The van der Waals surface area contributed by atoms with Crippen LogP contribution in [-0.4, -0.2) is 6.54 Å². The third-order valence-corrected chi connectivity index (χ3v) is 3.67. The zero-order chi connectivity index (χ0) is 12.6. The summed E-state index contributed by atoms with van der Waals surface area (Å²) in [5, 5.41) is 3.66. The molecule has 2 heteroatoms. The molecule has 18 heavy (non-hydrogen) atoms. The van der Waals surface area contributed by atoms with Crippen LogP contribution in [-0.2, 0) is 0 Å². The largest absolute Gasteiger partial charge is 0.472 e. The van der Waals surface area contributed by atoms with Crippen molar-refractivity contribution in [3.8, 4) is 0 Å². The summed E-state index contributed by atoms with van der Waals surface area (Å²) in [7, 11) is 0. The summed E-state index contributed by atoms with van der Waals surface area (Å²) in [6, 6.07) is 2.45. The van der Waals surface area contributed by atoms with Crippen molar-refractivity contribution in [2.45, 2.75) is 57.9 Å². The Balaban J connectivity index is 2.11. The SMILES string of the molecule is CCCNC(/C1=C/CCCCCC1)c1ccoc1. The summed E-state index contributed by atoms with van der Waals surface area (Å²) in [5.74, 6) is 0. The molecule has 0 aliphatic heterocycles. The van der Waals surface area contributed by atoms with Gasteiger partial charge in [0.05, 0.1) is 18.6 Å². The van der Waals surface area contributed by atoms with Crippen LogP contribution in [0.4, 0.5) is 0 Å². The van der Waals surface area contributed by atoms with E-state index in [4.69, 9.17) is 4.42 Å². The van der Waals surface area contributed by atoms with Crippen molar-refractivity contribution in [2.24, 2.45) is 0 Å². The second-order valence-electron chi connectivity index (χ2n) is 5.18. The van der Waals surface area contributed by atoms with Crippen LogP contribution in [0.5, 0.6) is 0 Å². The predicted octanol–water partition coefficient (Wildman–Crippen LogP) is 4.60. The van der Waals surface area contributed by atoms with Gasteiger partial charge >= 0.3 is 0 Å². The average Bonchev–Trinajstić information content (AvgIpc) is 2.85. The maximum Gasteiger partial charge on any atom is 0.0953 e. The summed E-state index contributed by atoms with van der Waals surface area (Å²) in [6.45, 7) is 3.28. The topological polar surface area (TPSA) is 25.2 Å². The molecule has 1 N–H and O–H groups in total. The number of nitrogens with one attached hydrogen (secondary N) is 1. The van der Waals surface area contributed by atoms with Crippen LogP contribution in [0.15, 0.2) is 34.7 Å². The molecule has 1 aromatic rings. The standard InChI is InChI=1S/C16H25NO/c1-2-11-17-16(15-10-12-18-13-15)14-8-6-4-3-5-7-9-14/h8,10,12-13,16-17H,2-7,9,11H2,1H3/b14-8+. The Labute approximate surface area is 110 Å². The lowest BCUT2D eigenvalue weighted by Gasteiger charge is -2.22. The van der Waals surface area contributed by atoms with Crippen LogP contribution >= 0.6 is 0 Å². The van der Waals surface area contributed by atoms with E-state index >= 15 is 0 Å². The van der Waals surface area contributed by atoms with E-state index in [9.17, 15) is 0 Å². The van der Waals surface area contributed by atoms with Crippen molar-refractivity contribution in [3.05, 3.63) is 35.8 Å². The molecule has 1 aliphatic rings. The number of hydrogen-bond acceptors (Lipinski definition) is 2. The number of hydrogen-bond donors (Lipinski definition) is 1. The third-order valence-electron chi connectivity index (χ3n) is 3.67. The Morgan fingerprint density at radius 3 is 2.94 bits per heavy atom. The molecular weight excluding hydrogens is 222 g/mol. The van der Waals surface area contributed by atoms with E-state index in [2.05, 4.69) is 24.4 Å². The first-order chi connectivity index (χ1) is 8.92. The van der Waals surface area contributed by atoms with Gasteiger partial charge in [-0.2, -0.15) is 0 Å². The van der Waals surface area contributed by atoms with Gasteiger partial charge in [-0.1, -0.05) is 31.4 Å². The highest BCUT2D eigenvalue weighted by Gasteiger charge is 2.17. The zero-order valence-corrected chi connectivity index (χ0v) is 11.5. The minimum atomic E-state index is 0.363. The molecule has 0 saturated heterocycles. The molecule has 0 aromatic carbocycles. The van der Waals surface area contributed by atoms with Crippen LogP contribution in [0.2, 0.25) is 0 Å². The fraction of sp³-hybridized carbons (Fsp3) is 0.625. The first-order valence-electron chi connectivity index (χ1n) is 7.36. The second kappa shape index (κ2) is 7.42. The van der Waals surface area contributed by atoms with Crippen molar-refractivity contribution >= 4 is 0 Å². The summed E-state index contributed by atoms with van der Waals surface area (Å²) in [4.78, 5) is 0. The molecule has 0 saturated carbocycles. The van der Waals surface area contributed by atoms with Crippen LogP contribution in [0.3, 0.4) is 0 Å². The molecule has 1 aromatic heterocycles. The van der Waals surface area contributed by atoms with E-state index in [0.29, 0.717) is 6.04 Å². The lowest BCUT2D eigenvalue weighted by atomic mass is 9.92. The highest BCUT2D eigenvalue weighted by atomic mass is 16.3. The minimum Gasteiger partial charge on any atom is -0.472 e. The third kappa shape index (κ3) is 3.74. The second-order valence-corrected chi connectivity index (χ2v) is 5.18. The molecule has 100 valence electrons. The quantitative estimate of drug-likeness (QED) is 0.769. The summed E-state index contributed by atoms with van der Waals surface area (Å²) in [5.41, 5.74) is 2.83. The van der Waals surface area contributed by atoms with E-state index in [1.807, 2.05) is 6.26 Å². The number of furan rings is 1. The summed E-state index contributed by atoms with van der Waals surface area (Å²) < 4.78 is 5.25. The molecular formula is C16H25NO. The minimum absolute atomic E-state index is 0.363. The fourth-order valence-electron chi connectivity index (χ4n) is 2.67. The highest BCUT2D eigenvalue weighted by molar-refractivity contribution is 5.25. The number of allylic oxidation sites excluding steroid dienone is 1. The van der Waals surface area contributed by atoms with Crippen LogP contribution in [0, 0.1) is 0 Å². The highest BCUT2D eigenvalue weighted by Crippen LogP contribution is 2.29. The lowest BCUT2D eigenvalue weighted by molar-refractivity contribution is 0.525. The molecule has 0 radical (unpaired) electrons. The van der Waals surface area contributed by atoms with E-state index < -0.39 is 0 Å². The fourth-order valence-corrected chi connectivity index (χ4v) is 2.67. The predicted molar refractivity (Wildman–Crippen MR) is 75.5 cm³/mol. The molecule has 0 spiro atoms. The van der Waals surface area contributed by atoms with E-state index in [1.165, 1.54) is 50.5 Å². The first-order valence-corrected chi connectivity index (χ1v) is 7.36. The van der Waals surface area contributed by atoms with Gasteiger partial charge in [0.2, 0.25) is 0 Å². The first kappa shape index (κ1) is 13.4. The van der Waals surface area contributed by atoms with Crippen molar-refractivity contribution in [3.63, 3.8) is 0 Å². The van der Waals surface area contributed by atoms with E-state index in [0.717, 1.165) is 6.54 Å². The smallest absolute Gasteiger partial charge is 0.0953 e. The van der Waals surface area contributed by atoms with Crippen LogP contribution < -0.4 is 5.32 Å². The van der Waals surface area contributed by atoms with Crippen molar-refractivity contribution in [1.29, 1.82) is 0 Å². The van der Waals surface area contributed by atoms with Gasteiger partial charge in [-0.05, 0) is 44.7 Å². The van der Waals surface area contributed by atoms with Gasteiger partial charge in [0.15, 0.2) is 0 Å². The monoisotopic (exact) mass is 247 g/mol. The molecule has 1 aliphatic carbocycles. The van der Waals surface area contributed by atoms with Gasteiger partial charge in [0.25, 0.3) is 0 Å². The lowest BCUT2D eigenvalue weighted by Crippen LogP contribution is -2.24. The average molecular weight is 247 g/mol. The molecule has 1 unspecified atom stereocenters. The van der Waals surface area contributed by atoms with Gasteiger partial charge < -0.3 is 9.73 Å². The van der Waals surface area contributed by atoms with E-state index in [-0.39, 0.29) is 0 Å². The number of rotatable bonds is 5. The molecule has 0 bridgehead atoms. The molecule has 2 nitrogen and oxygen atoms in total. The maximum atomic E-state index is 5.25. The van der Waals surface area contributed by atoms with Crippen molar-refractivity contribution in [2.75, 3.05) is 6.54 Å². The Bertz CT molecular complexity index is 353. The van der Waals surface area contributed by atoms with Crippen molar-refractivity contribution < 1.29 is 4.42 Å². The molecule has 1 heterocycles. The van der Waals surface area contributed by atoms with Gasteiger partial charge in [-0.15, -0.1) is 0 Å². The molecule has 2 rings (SSSR count). The van der Waals surface area contributed by atoms with Crippen LogP contribution in [0.25, 0.3) is 0 Å². The Morgan fingerprint density at radius 1 is 1.28 bits per heavy atom. The molecule has 0 amide bonds. The van der Waals surface area contributed by atoms with Gasteiger partial charge in [-0.25, -0.2) is 0 Å². The summed E-state index contributed by atoms with van der Waals surface area (Å²) >= 11 is 0. The van der Waals surface area contributed by atoms with Crippen LogP contribution in [0.1, 0.15) is 63.5 Å². The maximum absolute atomic E-state index is 5.25. The van der Waals surface area contributed by atoms with E-state index in [1.54, 1.807) is 11.8 Å². The Kier molecular flexibility index (Phi) is 5.53.